The predicted molar refractivity (Wildman–Crippen MR) is 571 cm³/mol. The number of nitrogens with zero attached hydrogens (tertiary/aromatic N) is 9. The molecule has 2 heterocycles. The lowest BCUT2D eigenvalue weighted by Gasteiger charge is -2.19. The summed E-state index contributed by atoms with van der Waals surface area (Å²) in [6.45, 7) is 16.2. The van der Waals surface area contributed by atoms with Gasteiger partial charge in [0.25, 0.3) is 11.5 Å². The van der Waals surface area contributed by atoms with Crippen LogP contribution in [0.1, 0.15) is 147 Å². The van der Waals surface area contributed by atoms with Gasteiger partial charge in [-0.15, -0.1) is 22.6 Å². The van der Waals surface area contributed by atoms with Crippen LogP contribution in [-0.4, -0.2) is 125 Å². The lowest BCUT2D eigenvalue weighted by atomic mass is 9.91. The SMILES string of the molecule is CC1=NN(c2ccc3c(c2)CCCC3)C(=O)C1.COc1c(-c2cccc(C(=O)O)c2)cc(C)cc1[N+](=O)[O-].COc1c(Br)cc(C)cc1[N+](=O)[O-].Cc1cc(-c2cccc(C(=O)O)c2)c(O)c([N+](=O)[O-])c1.Cc1cc(Br)c(O)c([N+](=O)[O-])c1.Cc1cc(N)c(O)c(-c2cccc(C(=O)O)c2)c1.Cc1cc(N=Nc2c(C)[nH]n(-c3ccc4c(c3)CCCC4)c2=O)c(O)c(-c2cccc(C(=O)O)c2)c1.Cc1ccc(O)c(Br)c1.Cl. The van der Waals surface area contributed by atoms with Crippen molar-refractivity contribution in [2.24, 2.45) is 15.3 Å². The summed E-state index contributed by atoms with van der Waals surface area (Å²) in [7, 11) is 2.75. The van der Waals surface area contributed by atoms with Gasteiger partial charge in [-0.3, -0.25) is 55.1 Å². The van der Waals surface area contributed by atoms with Crippen molar-refractivity contribution in [3.8, 4) is 90.4 Å². The first kappa shape index (κ1) is 114. The summed E-state index contributed by atoms with van der Waals surface area (Å²) in [5.74, 6) is -4.43. The van der Waals surface area contributed by atoms with Gasteiger partial charge in [-0.1, -0.05) is 66.7 Å². The molecule has 762 valence electrons. The van der Waals surface area contributed by atoms with Crippen LogP contribution in [0, 0.1) is 95.8 Å². The fourth-order valence-corrected chi connectivity index (χ4v) is 17.5. The molecule has 36 nitrogen and oxygen atoms in total. The van der Waals surface area contributed by atoms with Gasteiger partial charge in [-0.05, 0) is 378 Å². The van der Waals surface area contributed by atoms with E-state index in [-0.39, 0.29) is 115 Å². The van der Waals surface area contributed by atoms with Gasteiger partial charge < -0.3 is 61.2 Å². The van der Waals surface area contributed by atoms with Crippen molar-refractivity contribution in [2.75, 3.05) is 25.0 Å². The van der Waals surface area contributed by atoms with E-state index in [1.807, 2.05) is 52.0 Å². The standard InChI is InChI=1S/C28H26N4O4.C15H13NO5.C14H16N2O.C14H11NO5.C14H13NO3.C8H8BrNO3.C7H6BrNO3.C7H7BrO.ClH/c1-16-12-23(20-8-5-9-21(14-20)28(35)36)26(33)24(13-16)29-30-25-17(2)31-32(27(25)34)22-11-10-18-6-3-4-7-19(18)15-22;1-9-6-12(14(21-2)13(7-9)16(19)20)10-4-3-5-11(8-10)15(17)18;1-10-8-14(17)16(15-10)13-7-6-11-4-2-3-5-12(11)9-13;1-8-5-11(13(16)12(6-8)15(19)20)9-3-2-4-10(7-9)14(17)18;1-8-5-11(13(16)12(15)6-8)9-3-2-4-10(7-9)14(17)18;1-5-3-6(9)8(13-2)7(4-5)10(11)12;1-4-2-5(8)7(10)6(3-4)9(11)12;1-5-2-3-7(9)6(8)4-5;/h5,8-15,31,33H,3-4,6-7H2,1-2H3,(H,35,36);3-8H,1-2H3,(H,17,18);6-7,9H,2-5,8H2,1H3;2-7,16H,1H3,(H,17,18);2-7,16H,15H2,1H3,(H,17,18);3-4H,1-2H3;2-3,10H,1H3;2-4,9H,1H3;1H. The molecule has 17 rings (SSSR count). The molecule has 0 saturated heterocycles. The third kappa shape index (κ3) is 29.7. The average molecular weight is 2220 g/mol. The van der Waals surface area contributed by atoms with E-state index in [0.29, 0.717) is 76.9 Å². The number of methoxy groups -OCH3 is 2. The molecule has 0 bridgehead atoms. The van der Waals surface area contributed by atoms with Crippen molar-refractivity contribution in [3.05, 3.63) is 378 Å². The topological polar surface area (TPSA) is 563 Å². The van der Waals surface area contributed by atoms with Gasteiger partial charge in [-0.2, -0.15) is 5.10 Å². The van der Waals surface area contributed by atoms with Crippen LogP contribution in [-0.2, 0) is 30.5 Å². The molecule has 147 heavy (non-hydrogen) atoms. The van der Waals surface area contributed by atoms with Gasteiger partial charge in [-0.25, -0.2) is 28.9 Å². The summed E-state index contributed by atoms with van der Waals surface area (Å²) in [4.78, 5) is 110. The lowest BCUT2D eigenvalue weighted by Crippen LogP contribution is -2.20. The number of hydrogen-bond donors (Lipinski definition) is 11. The molecule has 0 spiro atoms. The van der Waals surface area contributed by atoms with E-state index >= 15 is 0 Å². The molecule has 14 aromatic rings. The largest absolute Gasteiger partial charge is 0.507 e. The molecule has 12 N–H and O–H groups in total. The van der Waals surface area contributed by atoms with E-state index in [1.54, 1.807) is 137 Å². The number of hydrogen-bond acceptors (Lipinski definition) is 25. The molecule has 3 aliphatic rings. The molecule has 0 radical (unpaired) electrons. The number of phenolic OH excluding ortho intramolecular Hbond substituents is 5. The van der Waals surface area contributed by atoms with E-state index in [1.165, 1.54) is 146 Å². The molecule has 0 fully saturated rings. The minimum Gasteiger partial charge on any atom is -0.507 e. The number of aromatic amines is 1. The maximum absolute atomic E-state index is 13.2. The zero-order valence-electron chi connectivity index (χ0n) is 80.9. The molecule has 1 aliphatic heterocycles. The van der Waals surface area contributed by atoms with E-state index in [4.69, 9.17) is 35.6 Å². The Balaban J connectivity index is 0.000000193. The summed E-state index contributed by atoms with van der Waals surface area (Å²) >= 11 is 9.40. The van der Waals surface area contributed by atoms with E-state index in [2.05, 4.69) is 92.5 Å². The van der Waals surface area contributed by atoms with Crippen molar-refractivity contribution in [1.29, 1.82) is 0 Å². The van der Waals surface area contributed by atoms with Crippen molar-refractivity contribution in [2.45, 2.75) is 120 Å². The number of aromatic nitrogens is 2. The molecular formula is C107H101Br3ClN11O25. The number of benzene rings is 13. The normalized spacial score (nSPS) is 11.8. The second kappa shape index (κ2) is 51.4. The van der Waals surface area contributed by atoms with E-state index in [9.17, 15) is 94.8 Å². The lowest BCUT2D eigenvalue weighted by molar-refractivity contribution is -0.386. The van der Waals surface area contributed by atoms with Crippen molar-refractivity contribution in [3.63, 3.8) is 0 Å². The molecular weight excluding hydrogens is 2110 g/mol. The van der Waals surface area contributed by atoms with E-state index < -0.39 is 55.0 Å². The number of nitrogens with two attached hydrogens (primary N) is 1. The minimum atomic E-state index is -1.10. The number of phenols is 5. The van der Waals surface area contributed by atoms with Gasteiger partial charge in [0.1, 0.15) is 17.2 Å². The quantitative estimate of drug-likeness (QED) is 0.0125. The number of carbonyl (C=O) groups excluding carboxylic acids is 1. The fraction of sp³-hybridized carbons (Fsp3) is 0.187. The molecule has 1 aromatic heterocycles. The first-order valence-electron chi connectivity index (χ1n) is 44.7. The highest BCUT2D eigenvalue weighted by atomic mass is 79.9. The smallest absolute Gasteiger partial charge is 0.335 e. The Morgan fingerprint density at radius 1 is 0.401 bits per heavy atom. The number of aryl methyl sites for hydroxylation is 12. The van der Waals surface area contributed by atoms with Crippen LogP contribution < -0.4 is 25.8 Å². The van der Waals surface area contributed by atoms with Crippen molar-refractivity contribution >= 4 is 141 Å². The molecule has 13 aromatic carbocycles. The number of azo groups is 1. The Bertz CT molecular complexity index is 7560. The number of fused-ring (bicyclic) bond motifs is 2. The monoisotopic (exact) mass is 2210 g/mol. The van der Waals surface area contributed by atoms with Gasteiger partial charge in [0.2, 0.25) is 23.0 Å². The van der Waals surface area contributed by atoms with Crippen molar-refractivity contribution < 1.29 is 99.1 Å². The van der Waals surface area contributed by atoms with E-state index in [0.717, 1.165) is 75.1 Å². The second-order valence-corrected chi connectivity index (χ2v) is 36.4. The zero-order valence-corrected chi connectivity index (χ0v) is 86.5. The van der Waals surface area contributed by atoms with Crippen LogP contribution in [0.3, 0.4) is 0 Å². The summed E-state index contributed by atoms with van der Waals surface area (Å²) in [6, 6.07) is 61.6. The number of carboxylic acid groups (broad SMARTS) is 4. The molecule has 0 unspecified atom stereocenters. The highest BCUT2D eigenvalue weighted by Crippen LogP contribution is 2.45. The Morgan fingerprint density at radius 3 is 1.20 bits per heavy atom. The fourth-order valence-electron chi connectivity index (χ4n) is 15.7. The number of amides is 1. The summed E-state index contributed by atoms with van der Waals surface area (Å²) in [5.41, 5.74) is 23.7. The average Bonchev–Trinajstić information content (AvgIpc) is 1.76. The summed E-state index contributed by atoms with van der Waals surface area (Å²) < 4.78 is 13.2. The highest BCUT2D eigenvalue weighted by Gasteiger charge is 2.28. The number of nitrogens with one attached hydrogen (secondary N) is 1. The minimum absolute atomic E-state index is 0. The van der Waals surface area contributed by atoms with Crippen molar-refractivity contribution in [1.82, 2.24) is 9.78 Å². The predicted octanol–water partition coefficient (Wildman–Crippen LogP) is 25.7. The third-order valence-electron chi connectivity index (χ3n) is 22.7. The van der Waals surface area contributed by atoms with Gasteiger partial charge in [0, 0.05) is 52.2 Å². The number of rotatable bonds is 18. The molecule has 0 saturated carbocycles. The Hall–Kier alpha value is -16.8. The maximum atomic E-state index is 13.2. The number of carboxylic acids is 4. The number of hydrazone groups is 1. The molecule has 1 amide bonds. The number of nitro groups is 4. The Labute approximate surface area is 872 Å². The number of aromatic carboxylic acids is 4. The number of H-pyrrole nitrogens is 1. The third-order valence-corrected chi connectivity index (χ3v) is 24.5. The number of halogens is 4. The zero-order chi connectivity index (χ0) is 107. The van der Waals surface area contributed by atoms with Gasteiger partial charge >= 0.3 is 46.6 Å². The van der Waals surface area contributed by atoms with Crippen LogP contribution in [0.5, 0.6) is 40.2 Å². The molecule has 40 heteroatoms. The number of aromatic hydroxyl groups is 5. The van der Waals surface area contributed by atoms with Crippen LogP contribution in [0.25, 0.3) is 50.2 Å². The number of anilines is 2. The number of carbonyl (C=O) groups is 5. The van der Waals surface area contributed by atoms with Gasteiger partial charge in [0.05, 0.1) is 98.8 Å². The Morgan fingerprint density at radius 2 is 0.776 bits per heavy atom. The summed E-state index contributed by atoms with van der Waals surface area (Å²) in [5, 5.41) is 146. The van der Waals surface area contributed by atoms with Crippen LogP contribution in [0.15, 0.2) is 258 Å². The Kier molecular flexibility index (Phi) is 39.8. The first-order chi connectivity index (χ1) is 69.1. The highest BCUT2D eigenvalue weighted by molar-refractivity contribution is 9.11. The summed E-state index contributed by atoms with van der Waals surface area (Å²) in [6.07, 6.45) is 9.72. The number of ether oxygens (including phenoxy) is 2. The van der Waals surface area contributed by atoms with Crippen LogP contribution in [0.2, 0.25) is 0 Å². The van der Waals surface area contributed by atoms with Crippen LogP contribution in [0.4, 0.5) is 45.5 Å². The number of nitro benzene ring substituents is 4. The molecule has 2 aliphatic carbocycles. The molecule has 0 atom stereocenters. The number of nitrogen functional groups attached to an aromatic ring is 1. The van der Waals surface area contributed by atoms with Gasteiger partial charge in [0.15, 0.2) is 11.4 Å². The maximum Gasteiger partial charge on any atom is 0.335 e. The van der Waals surface area contributed by atoms with Crippen LogP contribution >= 0.6 is 60.2 Å². The first-order valence-corrected chi connectivity index (χ1v) is 47.0. The second-order valence-electron chi connectivity index (χ2n) is 33.9.